The molecule has 0 saturated heterocycles. The van der Waals surface area contributed by atoms with E-state index in [0.717, 1.165) is 5.69 Å². The maximum absolute atomic E-state index is 8.73. The second kappa shape index (κ2) is 3.23. The Morgan fingerprint density at radius 2 is 2.17 bits per heavy atom. The summed E-state index contributed by atoms with van der Waals surface area (Å²) in [4.78, 5) is 4.28. The van der Waals surface area contributed by atoms with Crippen LogP contribution in [0.25, 0.3) is 0 Å². The molecule has 1 N–H and O–H groups in total. The largest absolute Gasteiger partial charge is 0.396 e. The summed E-state index contributed by atoms with van der Waals surface area (Å²) in [6, 6.07) is 2.14. The van der Waals surface area contributed by atoms with Crippen molar-refractivity contribution in [3.63, 3.8) is 0 Å². The third kappa shape index (κ3) is 1.34. The summed E-state index contributed by atoms with van der Waals surface area (Å²) in [5.74, 6) is 0. The highest BCUT2D eigenvalue weighted by Crippen LogP contribution is 2.21. The summed E-state index contributed by atoms with van der Waals surface area (Å²) in [7, 11) is 0. The van der Waals surface area contributed by atoms with Crippen LogP contribution in [0, 0.1) is 0 Å². The predicted octanol–water partition coefficient (Wildman–Crippen LogP) is 1.11. The van der Waals surface area contributed by atoms with Gasteiger partial charge in [0.15, 0.2) is 0 Å². The number of aryl methyl sites for hydroxylation is 2. The van der Waals surface area contributed by atoms with Gasteiger partial charge in [-0.05, 0) is 36.5 Å². The molecule has 0 spiro atoms. The van der Waals surface area contributed by atoms with Gasteiger partial charge in [0.2, 0.25) is 0 Å². The van der Waals surface area contributed by atoms with Crippen molar-refractivity contribution in [2.75, 3.05) is 6.61 Å². The maximum atomic E-state index is 8.73. The summed E-state index contributed by atoms with van der Waals surface area (Å²) in [5.41, 5.74) is 3.86. The highest BCUT2D eigenvalue weighted by atomic mass is 16.3. The molecule has 1 aliphatic rings. The summed E-state index contributed by atoms with van der Waals surface area (Å²) in [6.45, 7) is 0.200. The Balaban J connectivity index is 2.26. The van der Waals surface area contributed by atoms with E-state index in [1.54, 1.807) is 0 Å². The Morgan fingerprint density at radius 1 is 1.33 bits per heavy atom. The fraction of sp³-hybridized carbons (Fsp3) is 0.500. The highest BCUT2D eigenvalue weighted by molar-refractivity contribution is 5.30. The molecular formula is C10H13NO. The maximum Gasteiger partial charge on any atom is 0.0486 e. The van der Waals surface area contributed by atoms with E-state index < -0.39 is 0 Å². The average Bonchev–Trinajstić information content (AvgIpc) is 2.51. The minimum absolute atomic E-state index is 0.200. The Bertz CT molecular complexity index is 283. The zero-order valence-electron chi connectivity index (χ0n) is 7.08. The molecule has 2 nitrogen and oxygen atoms in total. The molecule has 0 aliphatic heterocycles. The first kappa shape index (κ1) is 7.74. The third-order valence-electron chi connectivity index (χ3n) is 2.40. The van der Waals surface area contributed by atoms with Gasteiger partial charge in [-0.2, -0.15) is 0 Å². The standard InChI is InChI=1S/C10H13NO/c12-5-4-10-6-8-2-1-3-9(8)7-11-10/h6-7,12H,1-5H2. The van der Waals surface area contributed by atoms with Gasteiger partial charge in [0.1, 0.15) is 0 Å². The van der Waals surface area contributed by atoms with E-state index in [1.165, 1.54) is 30.4 Å². The lowest BCUT2D eigenvalue weighted by Crippen LogP contribution is -1.96. The molecule has 1 aliphatic carbocycles. The van der Waals surface area contributed by atoms with Crippen molar-refractivity contribution in [2.24, 2.45) is 0 Å². The van der Waals surface area contributed by atoms with Gasteiger partial charge in [0.25, 0.3) is 0 Å². The number of pyridine rings is 1. The number of nitrogens with zero attached hydrogens (tertiary/aromatic N) is 1. The van der Waals surface area contributed by atoms with E-state index in [9.17, 15) is 0 Å². The van der Waals surface area contributed by atoms with Gasteiger partial charge in [0, 0.05) is 24.9 Å². The van der Waals surface area contributed by atoms with Gasteiger partial charge in [-0.3, -0.25) is 4.98 Å². The van der Waals surface area contributed by atoms with Gasteiger partial charge in [0.05, 0.1) is 0 Å². The summed E-state index contributed by atoms with van der Waals surface area (Å²) in [5, 5.41) is 8.73. The van der Waals surface area contributed by atoms with Crippen LogP contribution in [0.3, 0.4) is 0 Å². The molecule has 0 amide bonds. The summed E-state index contributed by atoms with van der Waals surface area (Å²) < 4.78 is 0. The van der Waals surface area contributed by atoms with Crippen LogP contribution in [0.4, 0.5) is 0 Å². The van der Waals surface area contributed by atoms with Crippen molar-refractivity contribution in [2.45, 2.75) is 25.7 Å². The molecule has 0 saturated carbocycles. The molecule has 0 unspecified atom stereocenters. The van der Waals surface area contributed by atoms with Crippen LogP contribution >= 0.6 is 0 Å². The summed E-state index contributed by atoms with van der Waals surface area (Å²) >= 11 is 0. The van der Waals surface area contributed by atoms with E-state index in [1.807, 2.05) is 6.20 Å². The van der Waals surface area contributed by atoms with E-state index in [0.29, 0.717) is 6.42 Å². The molecule has 0 radical (unpaired) electrons. The predicted molar refractivity (Wildman–Crippen MR) is 47.1 cm³/mol. The van der Waals surface area contributed by atoms with Crippen molar-refractivity contribution < 1.29 is 5.11 Å². The molecule has 0 bridgehead atoms. The van der Waals surface area contributed by atoms with Crippen LogP contribution in [0.5, 0.6) is 0 Å². The fourth-order valence-electron chi connectivity index (χ4n) is 1.75. The topological polar surface area (TPSA) is 33.1 Å². The van der Waals surface area contributed by atoms with Gasteiger partial charge in [-0.25, -0.2) is 0 Å². The first-order valence-corrected chi connectivity index (χ1v) is 4.47. The Morgan fingerprint density at radius 3 is 3.00 bits per heavy atom. The molecule has 12 heavy (non-hydrogen) atoms. The van der Waals surface area contributed by atoms with E-state index in [4.69, 9.17) is 5.11 Å². The van der Waals surface area contributed by atoms with Gasteiger partial charge < -0.3 is 5.11 Å². The monoisotopic (exact) mass is 163 g/mol. The fourth-order valence-corrected chi connectivity index (χ4v) is 1.75. The minimum Gasteiger partial charge on any atom is -0.396 e. The van der Waals surface area contributed by atoms with Crippen molar-refractivity contribution >= 4 is 0 Å². The highest BCUT2D eigenvalue weighted by Gasteiger charge is 2.10. The number of rotatable bonds is 2. The average molecular weight is 163 g/mol. The molecule has 0 fully saturated rings. The second-order valence-electron chi connectivity index (χ2n) is 3.27. The van der Waals surface area contributed by atoms with Crippen molar-refractivity contribution in [1.82, 2.24) is 4.98 Å². The number of aliphatic hydroxyl groups is 1. The van der Waals surface area contributed by atoms with Crippen LogP contribution in [0.1, 0.15) is 23.2 Å². The number of hydrogen-bond donors (Lipinski definition) is 1. The smallest absolute Gasteiger partial charge is 0.0486 e. The van der Waals surface area contributed by atoms with Crippen LogP contribution in [0.15, 0.2) is 12.3 Å². The molecule has 1 aromatic rings. The van der Waals surface area contributed by atoms with Crippen molar-refractivity contribution in [3.8, 4) is 0 Å². The lowest BCUT2D eigenvalue weighted by atomic mass is 10.1. The minimum atomic E-state index is 0.200. The number of hydrogen-bond acceptors (Lipinski definition) is 2. The summed E-state index contributed by atoms with van der Waals surface area (Å²) in [6.07, 6.45) is 6.29. The quantitative estimate of drug-likeness (QED) is 0.708. The molecule has 1 heterocycles. The number of fused-ring (bicyclic) bond motifs is 1. The zero-order chi connectivity index (χ0) is 8.39. The third-order valence-corrected chi connectivity index (χ3v) is 2.40. The van der Waals surface area contributed by atoms with Crippen molar-refractivity contribution in [3.05, 3.63) is 29.1 Å². The van der Waals surface area contributed by atoms with Gasteiger partial charge in [-0.1, -0.05) is 0 Å². The molecule has 2 rings (SSSR count). The zero-order valence-corrected chi connectivity index (χ0v) is 7.08. The molecule has 2 heteroatoms. The van der Waals surface area contributed by atoms with E-state index in [2.05, 4.69) is 11.1 Å². The van der Waals surface area contributed by atoms with Gasteiger partial charge in [-0.15, -0.1) is 0 Å². The first-order valence-electron chi connectivity index (χ1n) is 4.47. The number of aromatic nitrogens is 1. The normalized spacial score (nSPS) is 14.8. The second-order valence-corrected chi connectivity index (χ2v) is 3.27. The Labute approximate surface area is 72.3 Å². The van der Waals surface area contributed by atoms with E-state index in [-0.39, 0.29) is 6.61 Å². The van der Waals surface area contributed by atoms with Crippen molar-refractivity contribution in [1.29, 1.82) is 0 Å². The van der Waals surface area contributed by atoms with Crippen LogP contribution in [-0.4, -0.2) is 16.7 Å². The van der Waals surface area contributed by atoms with Crippen LogP contribution in [-0.2, 0) is 19.3 Å². The molecule has 1 aromatic heterocycles. The van der Waals surface area contributed by atoms with Gasteiger partial charge >= 0.3 is 0 Å². The number of aliphatic hydroxyl groups excluding tert-OH is 1. The molecule has 0 atom stereocenters. The lowest BCUT2D eigenvalue weighted by molar-refractivity contribution is 0.298. The van der Waals surface area contributed by atoms with Crippen LogP contribution < -0.4 is 0 Å². The first-order chi connectivity index (χ1) is 5.90. The van der Waals surface area contributed by atoms with E-state index >= 15 is 0 Å². The molecule has 64 valence electrons. The van der Waals surface area contributed by atoms with Crippen LogP contribution in [0.2, 0.25) is 0 Å². The Hall–Kier alpha value is -0.890. The molecule has 0 aromatic carbocycles. The lowest BCUT2D eigenvalue weighted by Gasteiger charge is -2.01. The SMILES string of the molecule is OCCc1cc2c(cn1)CCC2. The Kier molecular flexibility index (Phi) is 2.09. The molecular weight excluding hydrogens is 150 g/mol.